The highest BCUT2D eigenvalue weighted by Gasteiger charge is 2.29. The smallest absolute Gasteiger partial charge is 0.222 e. The first-order chi connectivity index (χ1) is 11.2. The minimum Gasteiger partial charge on any atom is -0.348 e. The van der Waals surface area contributed by atoms with E-state index in [1.807, 2.05) is 4.68 Å². The van der Waals surface area contributed by atoms with Gasteiger partial charge in [-0.25, -0.2) is 4.68 Å². The van der Waals surface area contributed by atoms with E-state index in [2.05, 4.69) is 93.4 Å². The lowest BCUT2D eigenvalue weighted by Crippen LogP contribution is -2.28. The summed E-state index contributed by atoms with van der Waals surface area (Å²) in [6.07, 6.45) is 2.58. The Hall–Kier alpha value is -1.89. The van der Waals surface area contributed by atoms with E-state index in [-0.39, 0.29) is 12.1 Å². The van der Waals surface area contributed by atoms with Crippen molar-refractivity contribution in [1.29, 1.82) is 0 Å². The van der Waals surface area contributed by atoms with Crippen LogP contribution < -0.4 is 5.32 Å². The molecule has 1 aromatic heterocycles. The zero-order chi connectivity index (χ0) is 15.8. The SMILES string of the molecule is Cc1ccc([C@H]2C[C@@H](c3ccc(I)cc3)Nc3ncnn32)cc1. The van der Waals surface area contributed by atoms with Crippen LogP contribution in [0.15, 0.2) is 54.9 Å². The van der Waals surface area contributed by atoms with Crippen molar-refractivity contribution in [2.45, 2.75) is 25.4 Å². The Balaban J connectivity index is 1.71. The largest absolute Gasteiger partial charge is 0.348 e. The third-order valence-corrected chi connectivity index (χ3v) is 5.08. The van der Waals surface area contributed by atoms with E-state index in [0.29, 0.717) is 0 Å². The number of aryl methyl sites for hydroxylation is 1. The van der Waals surface area contributed by atoms with Crippen LogP contribution in [0.2, 0.25) is 0 Å². The topological polar surface area (TPSA) is 42.7 Å². The summed E-state index contributed by atoms with van der Waals surface area (Å²) in [5.74, 6) is 0.838. The van der Waals surface area contributed by atoms with Gasteiger partial charge in [-0.1, -0.05) is 42.0 Å². The number of nitrogens with one attached hydrogen (secondary N) is 1. The summed E-state index contributed by atoms with van der Waals surface area (Å²) in [6.45, 7) is 2.11. The lowest BCUT2D eigenvalue weighted by atomic mass is 9.93. The zero-order valence-corrected chi connectivity index (χ0v) is 14.9. The molecule has 0 fully saturated rings. The Morgan fingerprint density at radius 2 is 1.74 bits per heavy atom. The molecular formula is C18H17IN4. The van der Waals surface area contributed by atoms with Gasteiger partial charge in [0.1, 0.15) is 6.33 Å². The van der Waals surface area contributed by atoms with Crippen LogP contribution in [0.3, 0.4) is 0 Å². The van der Waals surface area contributed by atoms with E-state index in [1.54, 1.807) is 6.33 Å². The molecule has 0 bridgehead atoms. The number of nitrogens with zero attached hydrogens (tertiary/aromatic N) is 3. The molecule has 4 nitrogen and oxygen atoms in total. The highest BCUT2D eigenvalue weighted by Crippen LogP contribution is 2.37. The summed E-state index contributed by atoms with van der Waals surface area (Å²) in [4.78, 5) is 4.38. The lowest BCUT2D eigenvalue weighted by molar-refractivity contribution is 0.431. The molecule has 0 saturated heterocycles. The van der Waals surface area contributed by atoms with Gasteiger partial charge in [0.25, 0.3) is 0 Å². The molecule has 1 aliphatic rings. The fraction of sp³-hybridized carbons (Fsp3) is 0.222. The second kappa shape index (κ2) is 5.96. The molecule has 0 spiro atoms. The van der Waals surface area contributed by atoms with Gasteiger partial charge in [-0.15, -0.1) is 0 Å². The molecule has 0 aliphatic carbocycles. The van der Waals surface area contributed by atoms with Crippen molar-refractivity contribution < 1.29 is 0 Å². The van der Waals surface area contributed by atoms with Crippen LogP contribution in [0.4, 0.5) is 5.95 Å². The molecular weight excluding hydrogens is 399 g/mol. The number of hydrogen-bond acceptors (Lipinski definition) is 3. The molecule has 0 radical (unpaired) electrons. The van der Waals surface area contributed by atoms with Gasteiger partial charge >= 0.3 is 0 Å². The number of halogens is 1. The van der Waals surface area contributed by atoms with Crippen molar-refractivity contribution in [2.75, 3.05) is 5.32 Å². The summed E-state index contributed by atoms with van der Waals surface area (Å²) in [5.41, 5.74) is 3.84. The Morgan fingerprint density at radius 3 is 2.48 bits per heavy atom. The van der Waals surface area contributed by atoms with Gasteiger partial charge < -0.3 is 5.32 Å². The quantitative estimate of drug-likeness (QED) is 0.633. The van der Waals surface area contributed by atoms with Crippen molar-refractivity contribution in [3.05, 3.63) is 75.1 Å². The Bertz CT molecular complexity index is 808. The zero-order valence-electron chi connectivity index (χ0n) is 12.8. The molecule has 2 atom stereocenters. The minimum atomic E-state index is 0.207. The van der Waals surface area contributed by atoms with Crippen LogP contribution in [-0.2, 0) is 0 Å². The number of hydrogen-bond donors (Lipinski definition) is 1. The van der Waals surface area contributed by atoms with Gasteiger partial charge in [0.2, 0.25) is 5.95 Å². The van der Waals surface area contributed by atoms with Crippen molar-refractivity contribution in [1.82, 2.24) is 14.8 Å². The van der Waals surface area contributed by atoms with Crippen molar-refractivity contribution >= 4 is 28.5 Å². The van der Waals surface area contributed by atoms with E-state index in [0.717, 1.165) is 12.4 Å². The van der Waals surface area contributed by atoms with Gasteiger partial charge in [-0.2, -0.15) is 10.1 Å². The van der Waals surface area contributed by atoms with E-state index in [1.165, 1.54) is 20.3 Å². The van der Waals surface area contributed by atoms with Crippen LogP contribution in [-0.4, -0.2) is 14.8 Å². The maximum absolute atomic E-state index is 4.42. The molecule has 1 aliphatic heterocycles. The average molecular weight is 416 g/mol. The summed E-state index contributed by atoms with van der Waals surface area (Å²) >= 11 is 2.34. The fourth-order valence-electron chi connectivity index (χ4n) is 3.10. The Kier molecular flexibility index (Phi) is 3.80. The van der Waals surface area contributed by atoms with Gasteiger partial charge in [-0.05, 0) is 59.2 Å². The molecule has 5 heteroatoms. The summed E-state index contributed by atoms with van der Waals surface area (Å²) in [7, 11) is 0. The van der Waals surface area contributed by atoms with E-state index in [4.69, 9.17) is 0 Å². The van der Waals surface area contributed by atoms with Crippen LogP contribution in [0.25, 0.3) is 0 Å². The van der Waals surface area contributed by atoms with Crippen molar-refractivity contribution in [2.24, 2.45) is 0 Å². The predicted octanol–water partition coefficient (Wildman–Crippen LogP) is 4.34. The van der Waals surface area contributed by atoms with Crippen LogP contribution in [0, 0.1) is 10.5 Å². The fourth-order valence-corrected chi connectivity index (χ4v) is 3.46. The Morgan fingerprint density at radius 1 is 1.04 bits per heavy atom. The average Bonchev–Trinajstić information content (AvgIpc) is 3.04. The first-order valence-corrected chi connectivity index (χ1v) is 8.76. The summed E-state index contributed by atoms with van der Waals surface area (Å²) < 4.78 is 3.24. The van der Waals surface area contributed by atoms with Gasteiger partial charge in [0, 0.05) is 3.57 Å². The minimum absolute atomic E-state index is 0.207. The third-order valence-electron chi connectivity index (χ3n) is 4.37. The van der Waals surface area contributed by atoms with E-state index >= 15 is 0 Å². The van der Waals surface area contributed by atoms with Gasteiger partial charge in [0.15, 0.2) is 0 Å². The molecule has 0 amide bonds. The first-order valence-electron chi connectivity index (χ1n) is 7.69. The molecule has 3 aromatic rings. The predicted molar refractivity (Wildman–Crippen MR) is 99.5 cm³/mol. The maximum atomic E-state index is 4.42. The standard InChI is InChI=1S/C18H17IN4/c1-12-2-4-14(5-3-12)17-10-16(13-6-8-15(19)9-7-13)22-18-20-11-21-23(17)18/h2-9,11,16-17H,10H2,1H3,(H,20,21,22)/t16-,17+/m0/s1. The first kappa shape index (κ1) is 14.7. The number of rotatable bonds is 2. The van der Waals surface area contributed by atoms with Crippen LogP contribution in [0.5, 0.6) is 0 Å². The van der Waals surface area contributed by atoms with Crippen LogP contribution >= 0.6 is 22.6 Å². The number of aromatic nitrogens is 3. The summed E-state index contributed by atoms with van der Waals surface area (Å²) in [5, 5.41) is 7.93. The molecule has 0 unspecified atom stereocenters. The lowest BCUT2D eigenvalue weighted by Gasteiger charge is -2.32. The van der Waals surface area contributed by atoms with E-state index < -0.39 is 0 Å². The van der Waals surface area contributed by atoms with E-state index in [9.17, 15) is 0 Å². The number of benzene rings is 2. The molecule has 0 saturated carbocycles. The highest BCUT2D eigenvalue weighted by molar-refractivity contribution is 14.1. The molecule has 23 heavy (non-hydrogen) atoms. The van der Waals surface area contributed by atoms with Gasteiger partial charge in [-0.3, -0.25) is 0 Å². The van der Waals surface area contributed by atoms with Gasteiger partial charge in [0.05, 0.1) is 12.1 Å². The molecule has 4 rings (SSSR count). The maximum Gasteiger partial charge on any atom is 0.222 e. The number of anilines is 1. The Labute approximate surface area is 149 Å². The molecule has 2 heterocycles. The monoisotopic (exact) mass is 416 g/mol. The third kappa shape index (κ3) is 2.85. The molecule has 116 valence electrons. The van der Waals surface area contributed by atoms with Crippen LogP contribution in [0.1, 0.15) is 35.2 Å². The highest BCUT2D eigenvalue weighted by atomic mass is 127. The molecule has 2 aromatic carbocycles. The summed E-state index contributed by atoms with van der Waals surface area (Å²) in [6, 6.07) is 17.9. The normalized spacial score (nSPS) is 19.9. The second-order valence-electron chi connectivity index (χ2n) is 5.94. The molecule has 1 N–H and O–H groups in total. The number of fused-ring (bicyclic) bond motifs is 1. The van der Waals surface area contributed by atoms with Crippen molar-refractivity contribution in [3.8, 4) is 0 Å². The second-order valence-corrected chi connectivity index (χ2v) is 7.18. The van der Waals surface area contributed by atoms with Crippen molar-refractivity contribution in [3.63, 3.8) is 0 Å².